The first-order valence-electron chi connectivity index (χ1n) is 6.05. The molecule has 0 unspecified atom stereocenters. The molecule has 4 heteroatoms. The van der Waals surface area contributed by atoms with E-state index >= 15 is 0 Å². The number of aromatic nitrogens is 1. The summed E-state index contributed by atoms with van der Waals surface area (Å²) in [7, 11) is 0. The number of piperidine rings is 1. The lowest BCUT2D eigenvalue weighted by Crippen LogP contribution is -2.48. The van der Waals surface area contributed by atoms with Gasteiger partial charge in [0, 0.05) is 36.4 Å². The predicted octanol–water partition coefficient (Wildman–Crippen LogP) is 2.17. The van der Waals surface area contributed by atoms with E-state index in [1.165, 1.54) is 0 Å². The van der Waals surface area contributed by atoms with E-state index < -0.39 is 12.3 Å². The molecule has 0 amide bonds. The van der Waals surface area contributed by atoms with Crippen molar-refractivity contribution in [2.75, 3.05) is 19.8 Å². The average molecular weight is 238 g/mol. The van der Waals surface area contributed by atoms with Crippen LogP contribution >= 0.6 is 0 Å². The molecule has 1 saturated heterocycles. The fourth-order valence-electron chi connectivity index (χ4n) is 2.25. The smallest absolute Gasteiger partial charge is 0.140 e. The van der Waals surface area contributed by atoms with Crippen LogP contribution in [0, 0.1) is 13.8 Å². The molecule has 1 aromatic rings. The third-order valence-electron chi connectivity index (χ3n) is 3.15. The molecule has 17 heavy (non-hydrogen) atoms. The SMILES string of the molecule is Cc1cc(OC2(CF)CCNCC2)cc(C)n1. The van der Waals surface area contributed by atoms with Crippen molar-refractivity contribution in [2.24, 2.45) is 0 Å². The summed E-state index contributed by atoms with van der Waals surface area (Å²) in [5, 5.41) is 3.22. The van der Waals surface area contributed by atoms with E-state index in [0.29, 0.717) is 12.8 Å². The zero-order valence-electron chi connectivity index (χ0n) is 10.4. The molecule has 1 aliphatic rings. The van der Waals surface area contributed by atoms with E-state index in [-0.39, 0.29) is 0 Å². The standard InChI is InChI=1S/C13H19FN2O/c1-10-7-12(8-11(2)16-10)17-13(9-14)3-5-15-6-4-13/h7-8,15H,3-6,9H2,1-2H3. The van der Waals surface area contributed by atoms with E-state index in [2.05, 4.69) is 10.3 Å². The molecule has 0 bridgehead atoms. The maximum Gasteiger partial charge on any atom is 0.140 e. The van der Waals surface area contributed by atoms with Crippen LogP contribution in [-0.4, -0.2) is 30.3 Å². The summed E-state index contributed by atoms with van der Waals surface area (Å²) >= 11 is 0. The molecule has 1 N–H and O–H groups in total. The Morgan fingerprint density at radius 1 is 1.29 bits per heavy atom. The Morgan fingerprint density at radius 3 is 2.41 bits per heavy atom. The van der Waals surface area contributed by atoms with Gasteiger partial charge in [0.15, 0.2) is 0 Å². The molecule has 0 aromatic carbocycles. The highest BCUT2D eigenvalue weighted by Crippen LogP contribution is 2.27. The van der Waals surface area contributed by atoms with Gasteiger partial charge >= 0.3 is 0 Å². The van der Waals surface area contributed by atoms with Gasteiger partial charge in [0.25, 0.3) is 0 Å². The van der Waals surface area contributed by atoms with Gasteiger partial charge in [-0.2, -0.15) is 0 Å². The zero-order chi connectivity index (χ0) is 12.3. The number of aryl methyl sites for hydroxylation is 2. The van der Waals surface area contributed by atoms with Crippen LogP contribution in [0.15, 0.2) is 12.1 Å². The van der Waals surface area contributed by atoms with E-state index in [1.807, 2.05) is 26.0 Å². The summed E-state index contributed by atoms with van der Waals surface area (Å²) in [4.78, 5) is 4.29. The molecule has 0 aliphatic carbocycles. The topological polar surface area (TPSA) is 34.1 Å². The van der Waals surface area contributed by atoms with Crippen molar-refractivity contribution in [1.29, 1.82) is 0 Å². The van der Waals surface area contributed by atoms with Gasteiger partial charge in [-0.15, -0.1) is 0 Å². The third kappa shape index (κ3) is 2.94. The second kappa shape index (κ2) is 5.00. The molecule has 0 atom stereocenters. The molecule has 0 radical (unpaired) electrons. The molecule has 0 saturated carbocycles. The Morgan fingerprint density at radius 2 is 1.88 bits per heavy atom. The Balaban J connectivity index is 2.17. The van der Waals surface area contributed by atoms with E-state index in [1.54, 1.807) is 0 Å². The summed E-state index contributed by atoms with van der Waals surface area (Å²) in [6.45, 7) is 5.03. The van der Waals surface area contributed by atoms with Gasteiger partial charge in [0.1, 0.15) is 18.0 Å². The van der Waals surface area contributed by atoms with Crippen molar-refractivity contribution < 1.29 is 9.13 Å². The summed E-state index contributed by atoms with van der Waals surface area (Å²) in [6, 6.07) is 3.74. The molecule has 0 spiro atoms. The van der Waals surface area contributed by atoms with Crippen molar-refractivity contribution in [2.45, 2.75) is 32.3 Å². The van der Waals surface area contributed by atoms with Gasteiger partial charge in [-0.1, -0.05) is 0 Å². The van der Waals surface area contributed by atoms with Crippen LogP contribution in [0.25, 0.3) is 0 Å². The minimum atomic E-state index is -0.647. The quantitative estimate of drug-likeness (QED) is 0.876. The molecule has 94 valence electrons. The van der Waals surface area contributed by atoms with E-state index in [4.69, 9.17) is 4.74 Å². The normalized spacial score (nSPS) is 19.0. The van der Waals surface area contributed by atoms with Crippen molar-refractivity contribution in [1.82, 2.24) is 10.3 Å². The van der Waals surface area contributed by atoms with E-state index in [0.717, 1.165) is 30.2 Å². The average Bonchev–Trinajstić information content (AvgIpc) is 2.29. The number of alkyl halides is 1. The van der Waals surface area contributed by atoms with Crippen LogP contribution in [-0.2, 0) is 0 Å². The molecule has 2 rings (SSSR count). The van der Waals surface area contributed by atoms with Crippen LogP contribution in [0.5, 0.6) is 5.75 Å². The number of hydrogen-bond acceptors (Lipinski definition) is 3. The monoisotopic (exact) mass is 238 g/mol. The van der Waals surface area contributed by atoms with Crippen molar-refractivity contribution in [3.05, 3.63) is 23.5 Å². The highest BCUT2D eigenvalue weighted by molar-refractivity contribution is 5.27. The second-order valence-corrected chi connectivity index (χ2v) is 4.75. The molecule has 1 fully saturated rings. The van der Waals surface area contributed by atoms with Crippen molar-refractivity contribution >= 4 is 0 Å². The van der Waals surface area contributed by atoms with Crippen LogP contribution < -0.4 is 10.1 Å². The maximum atomic E-state index is 13.3. The Hall–Kier alpha value is -1.16. The summed E-state index contributed by atoms with van der Waals surface area (Å²) in [6.07, 6.45) is 1.42. The number of rotatable bonds is 3. The fraction of sp³-hybridized carbons (Fsp3) is 0.615. The summed E-state index contributed by atoms with van der Waals surface area (Å²) in [5.41, 5.74) is 1.16. The first-order chi connectivity index (χ1) is 8.13. The second-order valence-electron chi connectivity index (χ2n) is 4.75. The predicted molar refractivity (Wildman–Crippen MR) is 65.1 cm³/mol. The van der Waals surface area contributed by atoms with Gasteiger partial charge < -0.3 is 10.1 Å². The van der Waals surface area contributed by atoms with Gasteiger partial charge in [0.2, 0.25) is 0 Å². The fourth-order valence-corrected chi connectivity index (χ4v) is 2.25. The lowest BCUT2D eigenvalue weighted by atomic mass is 9.93. The van der Waals surface area contributed by atoms with Gasteiger partial charge in [-0.25, -0.2) is 4.39 Å². The molecular formula is C13H19FN2O. The van der Waals surface area contributed by atoms with Crippen molar-refractivity contribution in [3.63, 3.8) is 0 Å². The van der Waals surface area contributed by atoms with Crippen LogP contribution in [0.2, 0.25) is 0 Å². The van der Waals surface area contributed by atoms with Crippen LogP contribution in [0.1, 0.15) is 24.2 Å². The third-order valence-corrected chi connectivity index (χ3v) is 3.15. The zero-order valence-corrected chi connectivity index (χ0v) is 10.4. The van der Waals surface area contributed by atoms with Gasteiger partial charge in [-0.05, 0) is 26.9 Å². The molecule has 1 aromatic heterocycles. The molecular weight excluding hydrogens is 219 g/mol. The minimum Gasteiger partial charge on any atom is -0.484 e. The van der Waals surface area contributed by atoms with E-state index in [9.17, 15) is 4.39 Å². The van der Waals surface area contributed by atoms with Crippen LogP contribution in [0.4, 0.5) is 4.39 Å². The van der Waals surface area contributed by atoms with Gasteiger partial charge in [-0.3, -0.25) is 4.98 Å². The Kier molecular flexibility index (Phi) is 3.62. The number of nitrogens with zero attached hydrogens (tertiary/aromatic N) is 1. The summed E-state index contributed by atoms with van der Waals surface area (Å²) in [5.74, 6) is 0.731. The lowest BCUT2D eigenvalue weighted by Gasteiger charge is -2.35. The lowest BCUT2D eigenvalue weighted by molar-refractivity contribution is 0.0133. The number of nitrogens with one attached hydrogen (secondary N) is 1. The number of pyridine rings is 1. The number of ether oxygens (including phenoxy) is 1. The first-order valence-corrected chi connectivity index (χ1v) is 6.05. The highest BCUT2D eigenvalue weighted by atomic mass is 19.1. The van der Waals surface area contributed by atoms with Crippen molar-refractivity contribution in [3.8, 4) is 5.75 Å². The first kappa shape index (κ1) is 12.3. The number of hydrogen-bond donors (Lipinski definition) is 1. The molecule has 3 nitrogen and oxygen atoms in total. The largest absolute Gasteiger partial charge is 0.484 e. The highest BCUT2D eigenvalue weighted by Gasteiger charge is 2.34. The molecule has 1 aliphatic heterocycles. The maximum absolute atomic E-state index is 13.3. The van der Waals surface area contributed by atoms with Crippen LogP contribution in [0.3, 0.4) is 0 Å². The minimum absolute atomic E-state index is 0.435. The Labute approximate surface area is 101 Å². The number of halogens is 1. The molecule has 2 heterocycles. The Bertz CT molecular complexity index is 369. The summed E-state index contributed by atoms with van der Waals surface area (Å²) < 4.78 is 19.2. The van der Waals surface area contributed by atoms with Gasteiger partial charge in [0.05, 0.1) is 0 Å².